The fourth-order valence-electron chi connectivity index (χ4n) is 3.18. The molecule has 4 aromatic heterocycles. The van der Waals surface area contributed by atoms with Crippen LogP contribution in [0.25, 0.3) is 21.3 Å². The van der Waals surface area contributed by atoms with Crippen LogP contribution in [0.15, 0.2) is 39.9 Å². The molecule has 0 radical (unpaired) electrons. The van der Waals surface area contributed by atoms with Gasteiger partial charge in [-0.3, -0.25) is 9.79 Å². The average molecular weight is 426 g/mol. The van der Waals surface area contributed by atoms with Crippen molar-refractivity contribution in [1.82, 2.24) is 24.3 Å². The Bertz CT molecular complexity index is 1380. The van der Waals surface area contributed by atoms with E-state index < -0.39 is 5.82 Å². The number of rotatable bonds is 5. The molecule has 0 spiro atoms. The van der Waals surface area contributed by atoms with E-state index >= 15 is 0 Å². The first-order valence-corrected chi connectivity index (χ1v) is 9.82. The number of pyridine rings is 1. The predicted molar refractivity (Wildman–Crippen MR) is 116 cm³/mol. The Hall–Kier alpha value is -3.60. The van der Waals surface area contributed by atoms with Crippen LogP contribution in [-0.2, 0) is 20.0 Å². The Morgan fingerprint density at radius 3 is 2.93 bits per heavy atom. The highest BCUT2D eigenvalue weighted by atomic mass is 32.1. The average Bonchev–Trinajstić information content (AvgIpc) is 3.23. The second-order valence-electron chi connectivity index (χ2n) is 6.68. The van der Waals surface area contributed by atoms with Crippen LogP contribution in [0.1, 0.15) is 10.7 Å². The summed E-state index contributed by atoms with van der Waals surface area (Å²) in [6.45, 7) is -0.122. The van der Waals surface area contributed by atoms with Crippen LogP contribution in [0.2, 0.25) is 0 Å². The smallest absolute Gasteiger partial charge is 0.291 e. The lowest BCUT2D eigenvalue weighted by molar-refractivity contribution is 0.560. The molecule has 0 aliphatic heterocycles. The molecule has 4 rings (SSSR count). The molecule has 0 aliphatic carbocycles. The van der Waals surface area contributed by atoms with E-state index in [9.17, 15) is 9.18 Å². The first-order valence-electron chi connectivity index (χ1n) is 9.00. The number of hydrogen-bond acceptors (Lipinski definition) is 8. The molecular weight excluding hydrogens is 407 g/mol. The van der Waals surface area contributed by atoms with Crippen LogP contribution >= 0.6 is 11.3 Å². The number of thiazole rings is 1. The zero-order valence-corrected chi connectivity index (χ0v) is 17.1. The molecule has 0 amide bonds. The van der Waals surface area contributed by atoms with Gasteiger partial charge in [-0.15, -0.1) is 11.3 Å². The number of fused-ring (bicyclic) bond motifs is 3. The molecule has 0 unspecified atom stereocenters. The summed E-state index contributed by atoms with van der Waals surface area (Å²) in [6.07, 6.45) is 5.43. The minimum Gasteiger partial charge on any atom is -0.402 e. The van der Waals surface area contributed by atoms with Gasteiger partial charge in [0, 0.05) is 37.8 Å². The summed E-state index contributed by atoms with van der Waals surface area (Å²) < 4.78 is 17.8. The van der Waals surface area contributed by atoms with Crippen molar-refractivity contribution in [2.45, 2.75) is 13.0 Å². The van der Waals surface area contributed by atoms with E-state index in [0.717, 1.165) is 9.71 Å². The molecular formula is C19H19FN8OS. The minimum absolute atomic E-state index is 0.0539. The quantitative estimate of drug-likeness (QED) is 0.466. The van der Waals surface area contributed by atoms with Crippen LogP contribution in [0.5, 0.6) is 0 Å². The molecule has 4 aromatic rings. The van der Waals surface area contributed by atoms with Gasteiger partial charge in [-0.05, 0) is 18.2 Å². The number of aryl methyl sites for hydroxylation is 1. The topological polar surface area (TPSA) is 130 Å². The molecule has 0 aromatic carbocycles. The third-order valence-corrected chi connectivity index (χ3v) is 5.68. The van der Waals surface area contributed by atoms with Crippen molar-refractivity contribution in [2.75, 3.05) is 12.8 Å². The summed E-state index contributed by atoms with van der Waals surface area (Å²) in [5.41, 5.74) is 13.1. The number of hydrogen-bond donors (Lipinski definition) is 2. The van der Waals surface area contributed by atoms with E-state index in [0.29, 0.717) is 28.7 Å². The number of aliphatic imine (C=N–C) groups is 1. The second-order valence-corrected chi connectivity index (χ2v) is 7.76. The number of anilines is 1. The number of nitrogen functional groups attached to an aromatic ring is 1. The summed E-state index contributed by atoms with van der Waals surface area (Å²) in [5, 5.41) is 5.73. The standard InChI is InChI=1S/C19H19FN8OS/c1-23-6-5-10(21)7-15-26-18-17(30-15)11-8-24-28(19(29)16(11)27(18)2)9-13-12(20)3-4-14(22)25-13/h3-6,8H,7,9,21H2,1-2H3,(H2,22,25). The van der Waals surface area contributed by atoms with Crippen LogP contribution in [0.3, 0.4) is 0 Å². The highest BCUT2D eigenvalue weighted by Gasteiger charge is 2.19. The van der Waals surface area contributed by atoms with Gasteiger partial charge in [0.15, 0.2) is 5.65 Å². The maximum Gasteiger partial charge on any atom is 0.291 e. The molecule has 154 valence electrons. The minimum atomic E-state index is -0.545. The first kappa shape index (κ1) is 19.7. The van der Waals surface area contributed by atoms with Crippen LogP contribution < -0.4 is 17.0 Å². The van der Waals surface area contributed by atoms with Crippen LogP contribution in [0, 0.1) is 5.82 Å². The predicted octanol–water partition coefficient (Wildman–Crippen LogP) is 1.59. The Balaban J connectivity index is 1.76. The molecule has 0 saturated heterocycles. The summed E-state index contributed by atoms with van der Waals surface area (Å²) in [7, 11) is 3.44. The third-order valence-electron chi connectivity index (χ3n) is 4.60. The molecule has 0 atom stereocenters. The van der Waals surface area contributed by atoms with Gasteiger partial charge in [-0.2, -0.15) is 5.10 Å². The highest BCUT2D eigenvalue weighted by molar-refractivity contribution is 7.19. The summed E-state index contributed by atoms with van der Waals surface area (Å²) >= 11 is 1.46. The monoisotopic (exact) mass is 426 g/mol. The number of allylic oxidation sites excluding steroid dienone is 2. The highest BCUT2D eigenvalue weighted by Crippen LogP contribution is 2.31. The zero-order chi connectivity index (χ0) is 21.4. The van der Waals surface area contributed by atoms with E-state index in [1.807, 2.05) is 0 Å². The molecule has 30 heavy (non-hydrogen) atoms. The lowest BCUT2D eigenvalue weighted by Gasteiger charge is -2.07. The molecule has 4 N–H and O–H groups in total. The maximum atomic E-state index is 14.0. The third kappa shape index (κ3) is 3.43. The Labute approximate surface area is 174 Å². The van der Waals surface area contributed by atoms with Gasteiger partial charge in [-0.25, -0.2) is 19.0 Å². The lowest BCUT2D eigenvalue weighted by Crippen LogP contribution is -2.25. The van der Waals surface area contributed by atoms with Gasteiger partial charge in [0.1, 0.15) is 27.9 Å². The van der Waals surface area contributed by atoms with E-state index in [-0.39, 0.29) is 23.6 Å². The lowest BCUT2D eigenvalue weighted by atomic mass is 10.3. The van der Waals surface area contributed by atoms with Gasteiger partial charge in [-0.1, -0.05) is 0 Å². The van der Waals surface area contributed by atoms with Crippen LogP contribution in [-0.4, -0.2) is 37.6 Å². The number of aromatic nitrogens is 5. The number of nitrogens with zero attached hydrogens (tertiary/aromatic N) is 6. The fraction of sp³-hybridized carbons (Fsp3) is 0.211. The van der Waals surface area contributed by atoms with Gasteiger partial charge in [0.2, 0.25) is 0 Å². The number of halogens is 1. The molecule has 0 fully saturated rings. The largest absolute Gasteiger partial charge is 0.402 e. The van der Waals surface area contributed by atoms with E-state index in [1.165, 1.54) is 28.2 Å². The maximum absolute atomic E-state index is 14.0. The Morgan fingerprint density at radius 1 is 1.37 bits per heavy atom. The van der Waals surface area contributed by atoms with E-state index in [1.54, 1.807) is 37.1 Å². The molecule has 0 saturated carbocycles. The van der Waals surface area contributed by atoms with Crippen molar-refractivity contribution >= 4 is 44.6 Å². The van der Waals surface area contributed by atoms with Crippen molar-refractivity contribution in [3.8, 4) is 0 Å². The fourth-order valence-corrected chi connectivity index (χ4v) is 4.32. The van der Waals surface area contributed by atoms with E-state index in [4.69, 9.17) is 11.5 Å². The summed E-state index contributed by atoms with van der Waals surface area (Å²) in [5.74, 6) is -0.369. The SMILES string of the molecule is CN=CC=C(N)Cc1nc2c(s1)c1cnn(Cc3nc(N)ccc3F)c(=O)c1n2C. The second kappa shape index (κ2) is 7.67. The Kier molecular flexibility index (Phi) is 5.04. The van der Waals surface area contributed by atoms with Crippen molar-refractivity contribution in [1.29, 1.82) is 0 Å². The van der Waals surface area contributed by atoms with Crippen molar-refractivity contribution in [2.24, 2.45) is 17.8 Å². The van der Waals surface area contributed by atoms with Gasteiger partial charge < -0.3 is 16.0 Å². The van der Waals surface area contributed by atoms with E-state index in [2.05, 4.69) is 20.1 Å². The van der Waals surface area contributed by atoms with Crippen molar-refractivity contribution in [3.05, 3.63) is 57.0 Å². The first-order chi connectivity index (χ1) is 14.4. The molecule has 0 bridgehead atoms. The van der Waals surface area contributed by atoms with Gasteiger partial charge in [0.25, 0.3) is 5.56 Å². The molecule has 4 heterocycles. The Morgan fingerprint density at radius 2 is 2.17 bits per heavy atom. The summed E-state index contributed by atoms with van der Waals surface area (Å²) in [6, 6.07) is 2.58. The molecule has 9 nitrogen and oxygen atoms in total. The van der Waals surface area contributed by atoms with Crippen LogP contribution in [0.4, 0.5) is 10.2 Å². The summed E-state index contributed by atoms with van der Waals surface area (Å²) in [4.78, 5) is 25.5. The van der Waals surface area contributed by atoms with Crippen molar-refractivity contribution in [3.63, 3.8) is 0 Å². The van der Waals surface area contributed by atoms with Crippen molar-refractivity contribution < 1.29 is 4.39 Å². The van der Waals surface area contributed by atoms with Gasteiger partial charge in [0.05, 0.1) is 17.4 Å². The number of nitrogens with two attached hydrogens (primary N) is 2. The molecule has 0 aliphatic rings. The zero-order valence-electron chi connectivity index (χ0n) is 16.3. The van der Waals surface area contributed by atoms with Gasteiger partial charge >= 0.3 is 0 Å². The molecule has 11 heteroatoms. The normalized spacial score (nSPS) is 12.6.